The van der Waals surface area contributed by atoms with Crippen molar-refractivity contribution in [3.05, 3.63) is 18.4 Å². The van der Waals surface area contributed by atoms with E-state index in [1.165, 1.54) is 20.8 Å². The molecule has 0 radical (unpaired) electrons. The molecule has 0 bridgehead atoms. The summed E-state index contributed by atoms with van der Waals surface area (Å²) in [6.45, 7) is 12.4. The molecule has 7 heteroatoms. The summed E-state index contributed by atoms with van der Waals surface area (Å²) in [5.74, 6) is -2.51. The van der Waals surface area contributed by atoms with Gasteiger partial charge >= 0.3 is 17.9 Å². The summed E-state index contributed by atoms with van der Waals surface area (Å²) >= 11 is 0. The van der Waals surface area contributed by atoms with Crippen LogP contribution in [0.2, 0.25) is 0 Å². The Bertz CT molecular complexity index is 434. The van der Waals surface area contributed by atoms with Gasteiger partial charge in [0.1, 0.15) is 6.10 Å². The molecule has 0 aromatic carbocycles. The molecule has 0 rings (SSSR count). The maximum Gasteiger partial charge on any atom is 0.347 e. The van der Waals surface area contributed by atoms with E-state index < -0.39 is 36.2 Å². The third-order valence-corrected chi connectivity index (χ3v) is 2.15. The van der Waals surface area contributed by atoms with E-state index in [-0.39, 0.29) is 6.10 Å². The molecule has 23 heavy (non-hydrogen) atoms. The molecular formula is C16H26O7. The molecule has 0 fully saturated rings. The molecule has 0 aromatic heterocycles. The highest BCUT2D eigenvalue weighted by molar-refractivity contribution is 5.83. The summed E-state index contributed by atoms with van der Waals surface area (Å²) in [4.78, 5) is 34.0. The van der Waals surface area contributed by atoms with Gasteiger partial charge in [0.05, 0.1) is 6.10 Å². The van der Waals surface area contributed by atoms with Crippen molar-refractivity contribution in [2.75, 3.05) is 0 Å². The van der Waals surface area contributed by atoms with Crippen LogP contribution in [0.4, 0.5) is 0 Å². The Kier molecular flexibility index (Phi) is 12.5. The van der Waals surface area contributed by atoms with Crippen LogP contribution in [0.25, 0.3) is 0 Å². The van der Waals surface area contributed by atoms with E-state index in [4.69, 9.17) is 14.6 Å². The molecule has 132 valence electrons. The maximum atomic E-state index is 11.5. The summed E-state index contributed by atoms with van der Waals surface area (Å²) in [6, 6.07) is 0. The summed E-state index contributed by atoms with van der Waals surface area (Å²) < 4.78 is 14.3. The van der Waals surface area contributed by atoms with Crippen molar-refractivity contribution >= 4 is 17.9 Å². The number of rotatable bonds is 6. The molecule has 7 nitrogen and oxygen atoms in total. The number of esters is 3. The molecule has 3 unspecified atom stereocenters. The van der Waals surface area contributed by atoms with Crippen LogP contribution in [0, 0.1) is 0 Å². The van der Waals surface area contributed by atoms with Gasteiger partial charge in [0.2, 0.25) is 0 Å². The highest BCUT2D eigenvalue weighted by Crippen LogP contribution is 2.04. The minimum absolute atomic E-state index is 0.320. The summed E-state index contributed by atoms with van der Waals surface area (Å²) in [5, 5.41) is 8.92. The van der Waals surface area contributed by atoms with Gasteiger partial charge in [-0.1, -0.05) is 6.58 Å². The maximum absolute atomic E-state index is 11.5. The molecular weight excluding hydrogens is 304 g/mol. The standard InChI is InChI=1S/C12H20O7.C4H6/c1-6(2)17-11(15)8(4)19-12(16)9(5)18-10(14)7(3)13;1-3-4-2/h6-9,13H,1-5H3;4H,1H2,2H3. The molecule has 0 aliphatic carbocycles. The van der Waals surface area contributed by atoms with Gasteiger partial charge in [-0.05, 0) is 47.6 Å². The van der Waals surface area contributed by atoms with Crippen LogP contribution in [0.5, 0.6) is 0 Å². The molecule has 0 spiro atoms. The van der Waals surface area contributed by atoms with Crippen LogP contribution in [0.15, 0.2) is 18.4 Å². The monoisotopic (exact) mass is 330 g/mol. The van der Waals surface area contributed by atoms with Crippen LogP contribution in [-0.2, 0) is 28.6 Å². The van der Waals surface area contributed by atoms with Gasteiger partial charge in [0, 0.05) is 0 Å². The Morgan fingerprint density at radius 3 is 1.57 bits per heavy atom. The van der Waals surface area contributed by atoms with Crippen molar-refractivity contribution in [2.45, 2.75) is 66.0 Å². The minimum atomic E-state index is -1.33. The number of hydrogen-bond acceptors (Lipinski definition) is 7. The first kappa shape index (κ1) is 23.2. The Labute approximate surface area is 136 Å². The molecule has 3 atom stereocenters. The van der Waals surface area contributed by atoms with E-state index in [0.29, 0.717) is 0 Å². The molecule has 0 aliphatic heterocycles. The van der Waals surface area contributed by atoms with Gasteiger partial charge in [0.25, 0.3) is 0 Å². The Hall–Kier alpha value is -2.11. The molecule has 0 aromatic rings. The van der Waals surface area contributed by atoms with Crippen molar-refractivity contribution in [3.63, 3.8) is 0 Å². The highest BCUT2D eigenvalue weighted by Gasteiger charge is 2.26. The normalized spacial score (nSPS) is 13.4. The zero-order chi connectivity index (χ0) is 18.6. The largest absolute Gasteiger partial charge is 0.460 e. The average molecular weight is 330 g/mol. The predicted molar refractivity (Wildman–Crippen MR) is 83.4 cm³/mol. The quantitative estimate of drug-likeness (QED) is 0.448. The van der Waals surface area contributed by atoms with Crippen molar-refractivity contribution in [1.82, 2.24) is 0 Å². The van der Waals surface area contributed by atoms with E-state index in [1.54, 1.807) is 19.9 Å². The summed E-state index contributed by atoms with van der Waals surface area (Å²) in [6.07, 6.45) is -2.20. The van der Waals surface area contributed by atoms with Crippen LogP contribution in [-0.4, -0.2) is 47.4 Å². The second-order valence-corrected chi connectivity index (χ2v) is 4.81. The first-order valence-electron chi connectivity index (χ1n) is 7.16. The smallest absolute Gasteiger partial charge is 0.347 e. The predicted octanol–water partition coefficient (Wildman–Crippen LogP) is 1.53. The first-order chi connectivity index (χ1) is 10.6. The zero-order valence-corrected chi connectivity index (χ0v) is 14.5. The zero-order valence-electron chi connectivity index (χ0n) is 14.5. The summed E-state index contributed by atoms with van der Waals surface area (Å²) in [5.41, 5.74) is 2.56. The van der Waals surface area contributed by atoms with Gasteiger partial charge in [-0.15, -0.1) is 5.73 Å². The van der Waals surface area contributed by atoms with E-state index in [1.807, 2.05) is 6.92 Å². The van der Waals surface area contributed by atoms with Gasteiger partial charge in [-0.2, -0.15) is 0 Å². The second-order valence-electron chi connectivity index (χ2n) is 4.81. The van der Waals surface area contributed by atoms with Crippen molar-refractivity contribution in [1.29, 1.82) is 0 Å². The van der Waals surface area contributed by atoms with Crippen LogP contribution in [0.3, 0.4) is 0 Å². The van der Waals surface area contributed by atoms with E-state index >= 15 is 0 Å². The third kappa shape index (κ3) is 12.1. The molecule has 0 saturated carbocycles. The topological polar surface area (TPSA) is 99.1 Å². The Morgan fingerprint density at radius 2 is 1.26 bits per heavy atom. The van der Waals surface area contributed by atoms with E-state index in [2.05, 4.69) is 17.0 Å². The van der Waals surface area contributed by atoms with E-state index in [9.17, 15) is 14.4 Å². The van der Waals surface area contributed by atoms with Gasteiger partial charge in [-0.25, -0.2) is 14.4 Å². The van der Waals surface area contributed by atoms with E-state index in [0.717, 1.165) is 0 Å². The van der Waals surface area contributed by atoms with Crippen LogP contribution in [0.1, 0.15) is 41.5 Å². The number of hydrogen-bond donors (Lipinski definition) is 1. The summed E-state index contributed by atoms with van der Waals surface area (Å²) in [7, 11) is 0. The second kappa shape index (κ2) is 12.4. The number of aliphatic hydroxyl groups is 1. The SMILES string of the molecule is C=C=CC.CC(C)OC(=O)C(C)OC(=O)C(C)OC(=O)C(C)O. The fourth-order valence-electron chi connectivity index (χ4n) is 0.967. The Morgan fingerprint density at radius 1 is 0.913 bits per heavy atom. The Balaban J connectivity index is 0. The number of ether oxygens (including phenoxy) is 3. The fraction of sp³-hybridized carbons (Fsp3) is 0.625. The lowest BCUT2D eigenvalue weighted by Crippen LogP contribution is -2.35. The van der Waals surface area contributed by atoms with Gasteiger partial charge in [-0.3, -0.25) is 0 Å². The highest BCUT2D eigenvalue weighted by atomic mass is 16.6. The lowest BCUT2D eigenvalue weighted by Gasteiger charge is -2.18. The molecule has 0 heterocycles. The number of carbonyl (C=O) groups excluding carboxylic acids is 3. The molecule has 0 aliphatic rings. The lowest BCUT2D eigenvalue weighted by molar-refractivity contribution is -0.180. The molecule has 0 saturated heterocycles. The van der Waals surface area contributed by atoms with Crippen molar-refractivity contribution in [2.24, 2.45) is 0 Å². The van der Waals surface area contributed by atoms with Crippen molar-refractivity contribution in [3.8, 4) is 0 Å². The lowest BCUT2D eigenvalue weighted by atomic mass is 10.3. The van der Waals surface area contributed by atoms with Crippen LogP contribution >= 0.6 is 0 Å². The number of aliphatic hydroxyl groups excluding tert-OH is 1. The van der Waals surface area contributed by atoms with Crippen molar-refractivity contribution < 1.29 is 33.7 Å². The third-order valence-electron chi connectivity index (χ3n) is 2.15. The fourth-order valence-corrected chi connectivity index (χ4v) is 0.967. The average Bonchev–Trinajstić information content (AvgIpc) is 2.46. The van der Waals surface area contributed by atoms with Gasteiger partial charge < -0.3 is 19.3 Å². The molecule has 1 N–H and O–H groups in total. The minimum Gasteiger partial charge on any atom is -0.460 e. The van der Waals surface area contributed by atoms with Crippen LogP contribution < -0.4 is 0 Å². The first-order valence-corrected chi connectivity index (χ1v) is 7.16. The molecule has 0 amide bonds. The number of allylic oxidation sites excluding steroid dienone is 1. The number of carbonyl (C=O) groups is 3. The van der Waals surface area contributed by atoms with Gasteiger partial charge in [0.15, 0.2) is 12.2 Å².